The van der Waals surface area contributed by atoms with Crippen LogP contribution in [0.1, 0.15) is 18.9 Å². The molecule has 4 nitrogen and oxygen atoms in total. The van der Waals surface area contributed by atoms with Gasteiger partial charge in [0.15, 0.2) is 0 Å². The summed E-state index contributed by atoms with van der Waals surface area (Å²) in [4.78, 5) is 3.97. The van der Waals surface area contributed by atoms with E-state index in [1.807, 2.05) is 6.92 Å². The topological polar surface area (TPSA) is 65.8 Å². The first kappa shape index (κ1) is 12.7. The third-order valence-electron chi connectivity index (χ3n) is 2.18. The summed E-state index contributed by atoms with van der Waals surface area (Å²) < 4.78 is 10.9. The van der Waals surface area contributed by atoms with Crippen LogP contribution in [0.5, 0.6) is 0 Å². The molecule has 1 rings (SSSR count). The minimum absolute atomic E-state index is 0.181. The Morgan fingerprint density at radius 1 is 1.69 bits per heavy atom. The van der Waals surface area contributed by atoms with E-state index in [4.69, 9.17) is 5.26 Å². The third kappa shape index (κ3) is 3.99. The first-order chi connectivity index (χ1) is 7.63. The van der Waals surface area contributed by atoms with Crippen LogP contribution in [0.15, 0.2) is 18.5 Å². The maximum atomic E-state index is 10.9. The zero-order valence-corrected chi connectivity index (χ0v) is 10.3. The van der Waals surface area contributed by atoms with Crippen LogP contribution < -0.4 is 5.32 Å². The second-order valence-corrected chi connectivity index (χ2v) is 5.20. The van der Waals surface area contributed by atoms with Crippen molar-refractivity contribution in [1.82, 2.24) is 4.98 Å². The van der Waals surface area contributed by atoms with Gasteiger partial charge in [-0.1, -0.05) is 0 Å². The summed E-state index contributed by atoms with van der Waals surface area (Å²) in [6.45, 7) is 2.00. The highest BCUT2D eigenvalue weighted by Gasteiger charge is 2.06. The Hall–Kier alpha value is -1.41. The molecule has 1 heterocycles. The van der Waals surface area contributed by atoms with E-state index in [9.17, 15) is 4.21 Å². The van der Waals surface area contributed by atoms with E-state index in [-0.39, 0.29) is 6.04 Å². The number of hydrogen-bond donors (Lipinski definition) is 1. The van der Waals surface area contributed by atoms with Gasteiger partial charge in [-0.3, -0.25) is 9.19 Å². The molecule has 86 valence electrons. The van der Waals surface area contributed by atoms with Gasteiger partial charge in [0.05, 0.1) is 17.4 Å². The lowest BCUT2D eigenvalue weighted by atomic mass is 10.2. The molecule has 5 heteroatoms. The standard InChI is InChI=1S/C11H15N3OS/c1-9(4-6-16(2)15)14-11-8-13-5-3-10(11)7-12/h3,5,8-9,14H,4,6H2,1-2H3. The van der Waals surface area contributed by atoms with Crippen molar-refractivity contribution in [2.45, 2.75) is 19.4 Å². The number of nitrogens with zero attached hydrogens (tertiary/aromatic N) is 2. The summed E-state index contributed by atoms with van der Waals surface area (Å²) in [5.74, 6) is 0.663. The van der Waals surface area contributed by atoms with Crippen LogP contribution in [-0.2, 0) is 10.8 Å². The molecule has 2 unspecified atom stereocenters. The number of pyridine rings is 1. The van der Waals surface area contributed by atoms with Crippen molar-refractivity contribution in [2.75, 3.05) is 17.3 Å². The normalized spacial score (nSPS) is 13.8. The number of hydrogen-bond acceptors (Lipinski definition) is 4. The summed E-state index contributed by atoms with van der Waals surface area (Å²) in [7, 11) is -0.772. The highest BCUT2D eigenvalue weighted by molar-refractivity contribution is 7.84. The van der Waals surface area contributed by atoms with Gasteiger partial charge in [0.1, 0.15) is 6.07 Å². The molecular weight excluding hydrogens is 222 g/mol. The second-order valence-electron chi connectivity index (χ2n) is 3.64. The molecule has 0 aromatic carbocycles. The molecule has 16 heavy (non-hydrogen) atoms. The molecule has 1 aromatic heterocycles. The Balaban J connectivity index is 2.59. The van der Waals surface area contributed by atoms with Gasteiger partial charge >= 0.3 is 0 Å². The Kier molecular flexibility index (Phi) is 4.93. The fraction of sp³-hybridized carbons (Fsp3) is 0.455. The van der Waals surface area contributed by atoms with Crippen molar-refractivity contribution >= 4 is 16.5 Å². The van der Waals surface area contributed by atoms with Gasteiger partial charge in [-0.25, -0.2) is 0 Å². The molecule has 0 saturated heterocycles. The molecule has 0 fully saturated rings. The Morgan fingerprint density at radius 2 is 2.44 bits per heavy atom. The Bertz CT molecular complexity index is 414. The summed E-state index contributed by atoms with van der Waals surface area (Å²) in [5, 5.41) is 12.1. The van der Waals surface area contributed by atoms with E-state index in [0.29, 0.717) is 11.3 Å². The average Bonchev–Trinajstić information content (AvgIpc) is 2.27. The summed E-state index contributed by atoms with van der Waals surface area (Å²) in [6, 6.07) is 3.96. The lowest BCUT2D eigenvalue weighted by Gasteiger charge is -2.14. The van der Waals surface area contributed by atoms with Crippen molar-refractivity contribution in [3.63, 3.8) is 0 Å². The van der Waals surface area contributed by atoms with E-state index < -0.39 is 10.8 Å². The second kappa shape index (κ2) is 6.23. The van der Waals surface area contributed by atoms with Crippen molar-refractivity contribution in [3.8, 4) is 6.07 Å². The number of nitriles is 1. The highest BCUT2D eigenvalue weighted by Crippen LogP contribution is 2.13. The van der Waals surface area contributed by atoms with Crippen LogP contribution in [0.25, 0.3) is 0 Å². The van der Waals surface area contributed by atoms with Crippen LogP contribution >= 0.6 is 0 Å². The zero-order valence-electron chi connectivity index (χ0n) is 9.43. The SMILES string of the molecule is CC(CCS(C)=O)Nc1cnccc1C#N. The molecule has 0 aliphatic carbocycles. The molecule has 1 N–H and O–H groups in total. The molecule has 0 aliphatic heterocycles. The van der Waals surface area contributed by atoms with Crippen molar-refractivity contribution in [3.05, 3.63) is 24.0 Å². The molecule has 1 aromatic rings. The fourth-order valence-corrected chi connectivity index (χ4v) is 1.97. The molecule has 2 atom stereocenters. The van der Waals surface area contributed by atoms with Crippen molar-refractivity contribution in [2.24, 2.45) is 0 Å². The van der Waals surface area contributed by atoms with Crippen LogP contribution in [0.4, 0.5) is 5.69 Å². The Morgan fingerprint density at radius 3 is 3.06 bits per heavy atom. The Labute approximate surface area is 98.2 Å². The maximum Gasteiger partial charge on any atom is 0.101 e. The molecular formula is C11H15N3OS. The first-order valence-electron chi connectivity index (χ1n) is 5.04. The molecule has 0 radical (unpaired) electrons. The van der Waals surface area contributed by atoms with Gasteiger partial charge in [-0.15, -0.1) is 0 Å². The monoisotopic (exact) mass is 237 g/mol. The van der Waals surface area contributed by atoms with Crippen LogP contribution in [-0.4, -0.2) is 27.2 Å². The van der Waals surface area contributed by atoms with E-state index in [1.165, 1.54) is 0 Å². The quantitative estimate of drug-likeness (QED) is 0.843. The van der Waals surface area contributed by atoms with Gasteiger partial charge in [0.25, 0.3) is 0 Å². The number of aromatic nitrogens is 1. The zero-order chi connectivity index (χ0) is 12.0. The summed E-state index contributed by atoms with van der Waals surface area (Å²) in [5.41, 5.74) is 1.32. The van der Waals surface area contributed by atoms with Crippen molar-refractivity contribution < 1.29 is 4.21 Å². The molecule has 0 saturated carbocycles. The molecule has 0 aliphatic rings. The number of nitrogens with one attached hydrogen (secondary N) is 1. The van der Waals surface area contributed by atoms with Gasteiger partial charge in [0.2, 0.25) is 0 Å². The largest absolute Gasteiger partial charge is 0.380 e. The van der Waals surface area contributed by atoms with Gasteiger partial charge in [-0.2, -0.15) is 5.26 Å². The first-order valence-corrected chi connectivity index (χ1v) is 6.77. The van der Waals surface area contributed by atoms with Gasteiger partial charge in [0, 0.05) is 35.0 Å². The van der Waals surface area contributed by atoms with Crippen LogP contribution in [0, 0.1) is 11.3 Å². The van der Waals surface area contributed by atoms with Crippen LogP contribution in [0.3, 0.4) is 0 Å². The summed E-state index contributed by atoms with van der Waals surface area (Å²) >= 11 is 0. The van der Waals surface area contributed by atoms with Gasteiger partial charge in [-0.05, 0) is 19.4 Å². The van der Waals surface area contributed by atoms with Crippen molar-refractivity contribution in [1.29, 1.82) is 5.26 Å². The number of rotatable bonds is 5. The average molecular weight is 237 g/mol. The minimum atomic E-state index is -0.772. The highest BCUT2D eigenvalue weighted by atomic mass is 32.2. The minimum Gasteiger partial charge on any atom is -0.380 e. The lowest BCUT2D eigenvalue weighted by Crippen LogP contribution is -2.18. The van der Waals surface area contributed by atoms with E-state index >= 15 is 0 Å². The molecule has 0 spiro atoms. The lowest BCUT2D eigenvalue weighted by molar-refractivity contribution is 0.678. The number of anilines is 1. The third-order valence-corrected chi connectivity index (χ3v) is 2.99. The van der Waals surface area contributed by atoms with E-state index in [0.717, 1.165) is 12.1 Å². The maximum absolute atomic E-state index is 10.9. The molecule has 0 amide bonds. The summed E-state index contributed by atoms with van der Waals surface area (Å²) in [6.07, 6.45) is 5.73. The van der Waals surface area contributed by atoms with Gasteiger partial charge < -0.3 is 5.32 Å². The van der Waals surface area contributed by atoms with E-state index in [1.54, 1.807) is 24.7 Å². The predicted molar refractivity (Wildman–Crippen MR) is 65.6 cm³/mol. The predicted octanol–water partition coefficient (Wildman–Crippen LogP) is 1.52. The molecule has 0 bridgehead atoms. The fourth-order valence-electron chi connectivity index (χ4n) is 1.29. The smallest absolute Gasteiger partial charge is 0.101 e. The van der Waals surface area contributed by atoms with E-state index in [2.05, 4.69) is 16.4 Å². The van der Waals surface area contributed by atoms with Crippen LogP contribution in [0.2, 0.25) is 0 Å².